The normalized spacial score (nSPS) is 12.5. The molecule has 0 spiro atoms. The molecule has 1 radical (unpaired) electrons. The fraction of sp³-hybridized carbons (Fsp3) is 0.439. The third kappa shape index (κ3) is 8.53. The molecule has 1 N–H and O–H groups in total. The molecule has 4 nitrogen and oxygen atoms in total. The number of rotatable bonds is 9. The van der Waals surface area contributed by atoms with Gasteiger partial charge in [-0.3, -0.25) is 9.78 Å². The topological polar surface area (TPSA) is 63.1 Å². The van der Waals surface area contributed by atoms with E-state index in [2.05, 4.69) is 95.9 Å². The van der Waals surface area contributed by atoms with Gasteiger partial charge in [-0.2, -0.15) is 0 Å². The van der Waals surface area contributed by atoms with Crippen molar-refractivity contribution in [1.82, 2.24) is 9.97 Å². The third-order valence-corrected chi connectivity index (χ3v) is 12.7. The predicted molar refractivity (Wildman–Crippen MR) is 207 cm³/mol. The molecule has 0 aliphatic heterocycles. The van der Waals surface area contributed by atoms with E-state index < -0.39 is 8.07 Å². The fourth-order valence-corrected chi connectivity index (χ4v) is 9.40. The van der Waals surface area contributed by atoms with Gasteiger partial charge in [-0.05, 0) is 49.1 Å². The number of nitrogens with zero attached hydrogens (tertiary/aromatic N) is 2. The van der Waals surface area contributed by atoms with Gasteiger partial charge in [0, 0.05) is 58.5 Å². The molecule has 0 fully saturated rings. The quantitative estimate of drug-likeness (QED) is 0.0694. The standard InChI is InChI=1S/C28H29N2SSi.C13H24O2.Ir/c1-17-22(28(2,3)4)13-12-21-25-27(31-26(17)21)24(29-16-30-25)19-14-18-10-8-9-11-20(18)23(15-19)32(5,6)7;1-5-10(6-2)12(14)9-13(15)11(7-3)8-4;/h8-13,15-16H,1-7H3;9-11,14H,5-8H2,1-4H3;/q-1;;/b;12-9-;. The summed E-state index contributed by atoms with van der Waals surface area (Å²) < 4.78 is 2.48. The number of thiophene rings is 1. The van der Waals surface area contributed by atoms with Crippen LogP contribution in [0.25, 0.3) is 42.3 Å². The first kappa shape index (κ1) is 39.7. The molecule has 0 bridgehead atoms. The van der Waals surface area contributed by atoms with Crippen LogP contribution in [0.4, 0.5) is 0 Å². The molecule has 0 aliphatic carbocycles. The smallest absolute Gasteiger partial charge is 0.162 e. The number of hydrogen-bond acceptors (Lipinski definition) is 5. The first-order valence-electron chi connectivity index (χ1n) is 17.2. The zero-order chi connectivity index (χ0) is 34.7. The molecule has 0 aliphatic rings. The number of aryl methyl sites for hydroxylation is 1. The number of hydrogen-bond donors (Lipinski definition) is 1. The van der Waals surface area contributed by atoms with Crippen LogP contribution < -0.4 is 5.19 Å². The van der Waals surface area contributed by atoms with E-state index in [0.717, 1.165) is 47.2 Å². The number of aliphatic hydroxyl groups is 1. The average Bonchev–Trinajstić information content (AvgIpc) is 3.41. The maximum atomic E-state index is 11.7. The molecule has 259 valence electrons. The van der Waals surface area contributed by atoms with Gasteiger partial charge in [0.1, 0.15) is 6.33 Å². The van der Waals surface area contributed by atoms with Crippen molar-refractivity contribution in [2.45, 2.75) is 106 Å². The van der Waals surface area contributed by atoms with Gasteiger partial charge < -0.3 is 5.11 Å². The zero-order valence-corrected chi connectivity index (χ0v) is 34.9. The van der Waals surface area contributed by atoms with Gasteiger partial charge in [0.25, 0.3) is 0 Å². The van der Waals surface area contributed by atoms with E-state index in [4.69, 9.17) is 9.97 Å². The van der Waals surface area contributed by atoms with Gasteiger partial charge in [0.15, 0.2) is 5.78 Å². The van der Waals surface area contributed by atoms with Crippen LogP contribution in [0, 0.1) is 24.8 Å². The molecule has 0 atom stereocenters. The summed E-state index contributed by atoms with van der Waals surface area (Å²) in [4.78, 5) is 21.2. The van der Waals surface area contributed by atoms with Crippen LogP contribution in [0.3, 0.4) is 0 Å². The van der Waals surface area contributed by atoms with E-state index in [1.807, 2.05) is 39.0 Å². The van der Waals surface area contributed by atoms with Crippen molar-refractivity contribution in [3.63, 3.8) is 0 Å². The van der Waals surface area contributed by atoms with Crippen molar-refractivity contribution in [3.05, 3.63) is 77.8 Å². The van der Waals surface area contributed by atoms with Gasteiger partial charge in [-0.1, -0.05) is 109 Å². The Morgan fingerprint density at radius 2 is 1.54 bits per heavy atom. The van der Waals surface area contributed by atoms with E-state index in [-0.39, 0.29) is 48.9 Å². The largest absolute Gasteiger partial charge is 0.512 e. The molecule has 3 aromatic carbocycles. The first-order valence-corrected chi connectivity index (χ1v) is 21.5. The van der Waals surface area contributed by atoms with Crippen LogP contribution in [-0.4, -0.2) is 28.9 Å². The number of allylic oxidation sites excluding steroid dienone is 2. The van der Waals surface area contributed by atoms with Gasteiger partial charge >= 0.3 is 0 Å². The molecule has 0 saturated heterocycles. The third-order valence-electron chi connectivity index (χ3n) is 9.40. The summed E-state index contributed by atoms with van der Waals surface area (Å²) in [6, 6.07) is 19.2. The number of aromatic nitrogens is 2. The number of ketones is 1. The predicted octanol–water partition coefficient (Wildman–Crippen LogP) is 11.5. The second-order valence-corrected chi connectivity index (χ2v) is 20.8. The summed E-state index contributed by atoms with van der Waals surface area (Å²) in [6.07, 6.45) is 6.62. The minimum atomic E-state index is -1.56. The molecular formula is C41H53IrN2O2SSi-. The van der Waals surface area contributed by atoms with E-state index in [9.17, 15) is 9.90 Å². The SMILES string of the molecule is CCC(CC)C(=O)/C=C(\O)C(CC)CC.Cc1c(C(C)(C)C)ccc2c1sc1c(-c3[c-]c4ccccc4c([Si](C)(C)C)c3)ncnc12.[Ir]. The summed E-state index contributed by atoms with van der Waals surface area (Å²) in [6.45, 7) is 24.4. The Morgan fingerprint density at radius 3 is 2.12 bits per heavy atom. The van der Waals surface area contributed by atoms with Crippen molar-refractivity contribution in [1.29, 1.82) is 0 Å². The molecule has 7 heteroatoms. The van der Waals surface area contributed by atoms with Gasteiger partial charge in [0.05, 0.1) is 19.3 Å². The van der Waals surface area contributed by atoms with Crippen LogP contribution in [0.2, 0.25) is 19.6 Å². The molecule has 48 heavy (non-hydrogen) atoms. The van der Waals surface area contributed by atoms with Crippen LogP contribution >= 0.6 is 11.3 Å². The number of fused-ring (bicyclic) bond motifs is 4. The van der Waals surface area contributed by atoms with E-state index in [1.165, 1.54) is 43.2 Å². The monoisotopic (exact) mass is 858 g/mol. The van der Waals surface area contributed by atoms with Crippen molar-refractivity contribution < 1.29 is 30.0 Å². The van der Waals surface area contributed by atoms with Crippen LogP contribution in [0.15, 0.2) is 60.6 Å². The van der Waals surface area contributed by atoms with E-state index in [0.29, 0.717) is 0 Å². The van der Waals surface area contributed by atoms with Crippen LogP contribution in [0.5, 0.6) is 0 Å². The minimum Gasteiger partial charge on any atom is -0.512 e. The summed E-state index contributed by atoms with van der Waals surface area (Å²) in [7, 11) is -1.56. The number of carbonyl (C=O) groups is 1. The van der Waals surface area contributed by atoms with Crippen molar-refractivity contribution in [2.75, 3.05) is 0 Å². The Labute approximate surface area is 306 Å². The molecule has 0 unspecified atom stereocenters. The first-order chi connectivity index (χ1) is 22.2. The number of carbonyl (C=O) groups excluding carboxylic acids is 1. The Kier molecular flexibility index (Phi) is 13.5. The molecule has 5 aromatic rings. The Hall–Kier alpha value is -2.70. The molecule has 5 rings (SSSR count). The van der Waals surface area contributed by atoms with Crippen molar-refractivity contribution in [2.24, 2.45) is 11.8 Å². The second-order valence-electron chi connectivity index (χ2n) is 14.8. The molecule has 2 aromatic heterocycles. The Bertz CT molecular complexity index is 1910. The van der Waals surface area contributed by atoms with E-state index >= 15 is 0 Å². The maximum Gasteiger partial charge on any atom is 0.162 e. The zero-order valence-electron chi connectivity index (χ0n) is 30.7. The fourth-order valence-electron chi connectivity index (χ4n) is 6.54. The molecular weight excluding hydrogens is 805 g/mol. The maximum absolute atomic E-state index is 11.7. The van der Waals surface area contributed by atoms with Crippen LogP contribution in [0.1, 0.15) is 85.3 Å². The second kappa shape index (κ2) is 16.3. The van der Waals surface area contributed by atoms with Crippen molar-refractivity contribution in [3.8, 4) is 11.3 Å². The summed E-state index contributed by atoms with van der Waals surface area (Å²) in [5.74, 6) is 0.547. The Morgan fingerprint density at radius 1 is 0.917 bits per heavy atom. The molecule has 0 amide bonds. The van der Waals surface area contributed by atoms with Gasteiger partial charge in [0.2, 0.25) is 0 Å². The van der Waals surface area contributed by atoms with Gasteiger partial charge in [-0.25, -0.2) is 4.98 Å². The summed E-state index contributed by atoms with van der Waals surface area (Å²) in [5, 5.41) is 14.9. The Balaban J connectivity index is 0.000000334. The molecule has 2 heterocycles. The number of benzene rings is 3. The van der Waals surface area contributed by atoms with Crippen LogP contribution in [-0.2, 0) is 30.3 Å². The van der Waals surface area contributed by atoms with E-state index in [1.54, 1.807) is 6.33 Å². The van der Waals surface area contributed by atoms with Crippen molar-refractivity contribution >= 4 is 61.5 Å². The number of aliphatic hydroxyl groups excluding tert-OH is 1. The summed E-state index contributed by atoms with van der Waals surface area (Å²) in [5.41, 5.74) is 5.99. The summed E-state index contributed by atoms with van der Waals surface area (Å²) >= 11 is 1.83. The average molecular weight is 858 g/mol. The molecule has 0 saturated carbocycles. The minimum absolute atomic E-state index is 0. The van der Waals surface area contributed by atoms with Gasteiger partial charge in [-0.15, -0.1) is 40.1 Å².